The van der Waals surface area contributed by atoms with E-state index in [2.05, 4.69) is 20.2 Å². The SMILES string of the molecule is Cc1ccc2c(C(=O)CSc3nnc(-c4ccc(O)cc4)c(-c4ccc(O)cc4)n3)c[nH]c2c1. The summed E-state index contributed by atoms with van der Waals surface area (Å²) in [5, 5.41) is 29.2. The lowest BCUT2D eigenvalue weighted by atomic mass is 10.0. The van der Waals surface area contributed by atoms with Gasteiger partial charge < -0.3 is 15.2 Å². The number of thioether (sulfide) groups is 1. The highest BCUT2D eigenvalue weighted by molar-refractivity contribution is 7.99. The van der Waals surface area contributed by atoms with Crippen LogP contribution in [0.5, 0.6) is 11.5 Å². The van der Waals surface area contributed by atoms with Crippen LogP contribution < -0.4 is 0 Å². The highest BCUT2D eigenvalue weighted by Gasteiger charge is 2.17. The van der Waals surface area contributed by atoms with Gasteiger partial charge in [0, 0.05) is 33.8 Å². The molecular formula is C26H20N4O3S. The predicted octanol–water partition coefficient (Wildman–Crippen LogP) is 5.38. The van der Waals surface area contributed by atoms with E-state index in [4.69, 9.17) is 0 Å². The number of aromatic hydroxyl groups is 2. The van der Waals surface area contributed by atoms with E-state index < -0.39 is 0 Å². The first kappa shape index (κ1) is 21.7. The van der Waals surface area contributed by atoms with Crippen molar-refractivity contribution in [2.45, 2.75) is 12.1 Å². The van der Waals surface area contributed by atoms with Crippen molar-refractivity contribution in [1.82, 2.24) is 20.2 Å². The van der Waals surface area contributed by atoms with Crippen LogP contribution in [-0.4, -0.2) is 41.9 Å². The summed E-state index contributed by atoms with van der Waals surface area (Å²) in [7, 11) is 0. The monoisotopic (exact) mass is 468 g/mol. The number of phenols is 2. The normalized spacial score (nSPS) is 11.1. The van der Waals surface area contributed by atoms with E-state index in [9.17, 15) is 15.0 Å². The average molecular weight is 469 g/mol. The number of Topliss-reactive ketones (excluding diaryl/α,β-unsaturated/α-hetero) is 1. The second-order valence-corrected chi connectivity index (χ2v) is 8.79. The van der Waals surface area contributed by atoms with Gasteiger partial charge in [0.15, 0.2) is 5.78 Å². The number of ketones is 1. The number of benzene rings is 3. The van der Waals surface area contributed by atoms with Gasteiger partial charge in [-0.3, -0.25) is 4.79 Å². The first-order valence-electron chi connectivity index (χ1n) is 10.6. The number of phenolic OH excluding ortho intramolecular Hbond substituents is 2. The Morgan fingerprint density at radius 3 is 2.21 bits per heavy atom. The van der Waals surface area contributed by atoms with Crippen molar-refractivity contribution in [2.75, 3.05) is 5.75 Å². The molecule has 0 amide bonds. The molecule has 0 saturated heterocycles. The van der Waals surface area contributed by atoms with Crippen LogP contribution in [0.2, 0.25) is 0 Å². The number of H-pyrrole nitrogens is 1. The van der Waals surface area contributed by atoms with Crippen LogP contribution in [0.25, 0.3) is 33.4 Å². The molecule has 3 N–H and O–H groups in total. The third kappa shape index (κ3) is 4.35. The van der Waals surface area contributed by atoms with Crippen LogP contribution in [0, 0.1) is 6.92 Å². The van der Waals surface area contributed by atoms with Gasteiger partial charge in [0.05, 0.1) is 5.75 Å². The predicted molar refractivity (Wildman–Crippen MR) is 132 cm³/mol. The molecule has 0 aliphatic rings. The lowest BCUT2D eigenvalue weighted by Crippen LogP contribution is -2.04. The van der Waals surface area contributed by atoms with Crippen LogP contribution in [-0.2, 0) is 0 Å². The summed E-state index contributed by atoms with van der Waals surface area (Å²) in [5.74, 6) is 0.424. The standard InChI is InChI=1S/C26H20N4O3S/c1-15-2-11-20-21(13-27-22(20)12-15)23(33)14-34-26-28-24(16-3-7-18(31)8-4-16)25(29-30-26)17-5-9-19(32)10-6-17/h2-13,27,31-32H,14H2,1H3. The second-order valence-electron chi connectivity index (χ2n) is 7.85. The fourth-order valence-electron chi connectivity index (χ4n) is 3.69. The van der Waals surface area contributed by atoms with Crippen molar-refractivity contribution in [3.63, 3.8) is 0 Å². The zero-order valence-corrected chi connectivity index (χ0v) is 19.0. The number of carbonyl (C=O) groups excluding carboxylic acids is 1. The summed E-state index contributed by atoms with van der Waals surface area (Å²) in [6.07, 6.45) is 1.74. The molecule has 2 heterocycles. The molecule has 0 radical (unpaired) electrons. The molecule has 5 rings (SSSR count). The van der Waals surface area contributed by atoms with E-state index in [1.54, 1.807) is 54.7 Å². The number of nitrogens with one attached hydrogen (secondary N) is 1. The van der Waals surface area contributed by atoms with E-state index in [1.807, 2.05) is 25.1 Å². The second kappa shape index (κ2) is 8.99. The first-order chi connectivity index (χ1) is 16.5. The molecule has 0 aliphatic heterocycles. The number of aromatic nitrogens is 4. The van der Waals surface area contributed by atoms with Gasteiger partial charge in [0.25, 0.3) is 0 Å². The Morgan fingerprint density at radius 1 is 0.882 bits per heavy atom. The fraction of sp³-hybridized carbons (Fsp3) is 0.0769. The molecule has 0 saturated carbocycles. The van der Waals surface area contributed by atoms with Crippen LogP contribution in [0.3, 0.4) is 0 Å². The summed E-state index contributed by atoms with van der Waals surface area (Å²) < 4.78 is 0. The lowest BCUT2D eigenvalue weighted by Gasteiger charge is -2.10. The largest absolute Gasteiger partial charge is 0.508 e. The molecule has 3 aromatic carbocycles. The van der Waals surface area contributed by atoms with Gasteiger partial charge in [0.1, 0.15) is 22.9 Å². The molecule has 34 heavy (non-hydrogen) atoms. The number of carbonyl (C=O) groups is 1. The molecule has 7 nitrogen and oxygen atoms in total. The Bertz CT molecular complexity index is 1500. The Balaban J connectivity index is 1.44. The van der Waals surface area contributed by atoms with E-state index in [1.165, 1.54) is 11.8 Å². The highest BCUT2D eigenvalue weighted by Crippen LogP contribution is 2.32. The summed E-state index contributed by atoms with van der Waals surface area (Å²) >= 11 is 1.22. The zero-order chi connectivity index (χ0) is 23.7. The van der Waals surface area contributed by atoms with E-state index in [0.717, 1.165) is 27.6 Å². The van der Waals surface area contributed by atoms with Crippen molar-refractivity contribution < 1.29 is 15.0 Å². The minimum atomic E-state index is -0.0301. The van der Waals surface area contributed by atoms with E-state index in [0.29, 0.717) is 22.1 Å². The lowest BCUT2D eigenvalue weighted by molar-refractivity contribution is 0.102. The Kier molecular flexibility index (Phi) is 5.73. The van der Waals surface area contributed by atoms with Crippen molar-refractivity contribution in [2.24, 2.45) is 0 Å². The number of aromatic amines is 1. The summed E-state index contributed by atoms with van der Waals surface area (Å²) in [4.78, 5) is 20.8. The maximum absolute atomic E-state index is 12.9. The smallest absolute Gasteiger partial charge is 0.210 e. The molecule has 168 valence electrons. The summed E-state index contributed by atoms with van der Waals surface area (Å²) in [5.41, 5.74) is 5.27. The van der Waals surface area contributed by atoms with Crippen molar-refractivity contribution in [1.29, 1.82) is 0 Å². The van der Waals surface area contributed by atoms with E-state index >= 15 is 0 Å². The van der Waals surface area contributed by atoms with Gasteiger partial charge >= 0.3 is 0 Å². The number of hydrogen-bond donors (Lipinski definition) is 3. The van der Waals surface area contributed by atoms with Crippen LogP contribution in [0.1, 0.15) is 15.9 Å². The third-order valence-electron chi connectivity index (χ3n) is 5.42. The quantitative estimate of drug-likeness (QED) is 0.226. The molecular weight excluding hydrogens is 448 g/mol. The molecule has 5 aromatic rings. The summed E-state index contributed by atoms with van der Waals surface area (Å²) in [6, 6.07) is 19.2. The number of hydrogen-bond acceptors (Lipinski definition) is 7. The zero-order valence-electron chi connectivity index (χ0n) is 18.2. The van der Waals surface area contributed by atoms with Gasteiger partial charge in [-0.25, -0.2) is 4.98 Å². The van der Waals surface area contributed by atoms with Crippen LogP contribution in [0.4, 0.5) is 0 Å². The maximum Gasteiger partial charge on any atom is 0.210 e. The molecule has 0 unspecified atom stereocenters. The van der Waals surface area contributed by atoms with Gasteiger partial charge in [-0.15, -0.1) is 10.2 Å². The fourth-order valence-corrected chi connectivity index (χ4v) is 4.36. The minimum Gasteiger partial charge on any atom is -0.508 e. The summed E-state index contributed by atoms with van der Waals surface area (Å²) in [6.45, 7) is 2.01. The number of nitrogens with zero attached hydrogens (tertiary/aromatic N) is 3. The first-order valence-corrected chi connectivity index (χ1v) is 11.5. The number of aryl methyl sites for hydroxylation is 1. The van der Waals surface area contributed by atoms with Crippen molar-refractivity contribution in [3.8, 4) is 34.0 Å². The maximum atomic E-state index is 12.9. The van der Waals surface area contributed by atoms with E-state index in [-0.39, 0.29) is 23.0 Å². The molecule has 0 bridgehead atoms. The average Bonchev–Trinajstić information content (AvgIpc) is 3.26. The van der Waals surface area contributed by atoms with Crippen molar-refractivity contribution in [3.05, 3.63) is 84.1 Å². The van der Waals surface area contributed by atoms with Gasteiger partial charge in [-0.2, -0.15) is 0 Å². The molecule has 0 spiro atoms. The van der Waals surface area contributed by atoms with Gasteiger partial charge in [0.2, 0.25) is 5.16 Å². The van der Waals surface area contributed by atoms with Crippen LogP contribution >= 0.6 is 11.8 Å². The topological polar surface area (TPSA) is 112 Å². The third-order valence-corrected chi connectivity index (χ3v) is 6.26. The highest BCUT2D eigenvalue weighted by atomic mass is 32.2. The van der Waals surface area contributed by atoms with Gasteiger partial charge in [-0.05, 0) is 67.1 Å². The molecule has 0 atom stereocenters. The molecule has 0 fully saturated rings. The minimum absolute atomic E-state index is 0.0301. The molecule has 8 heteroatoms. The Hall–Kier alpha value is -4.17. The number of rotatable bonds is 6. The van der Waals surface area contributed by atoms with Gasteiger partial charge in [-0.1, -0.05) is 23.9 Å². The Morgan fingerprint density at radius 2 is 1.53 bits per heavy atom. The van der Waals surface area contributed by atoms with Crippen molar-refractivity contribution >= 4 is 28.4 Å². The molecule has 0 aliphatic carbocycles. The van der Waals surface area contributed by atoms with Crippen LogP contribution in [0.15, 0.2) is 78.1 Å². The molecule has 2 aromatic heterocycles. The Labute approximate surface area is 199 Å². The number of fused-ring (bicyclic) bond motifs is 1.